The third-order valence-electron chi connectivity index (χ3n) is 2.51. The van der Waals surface area contributed by atoms with Gasteiger partial charge in [-0.05, 0) is 31.5 Å². The highest BCUT2D eigenvalue weighted by Gasteiger charge is 2.27. The molecule has 0 aromatic heterocycles. The minimum absolute atomic E-state index is 0.125. The molecule has 0 saturated carbocycles. The van der Waals surface area contributed by atoms with Gasteiger partial charge in [0.05, 0.1) is 11.5 Å². The minimum Gasteiger partial charge on any atom is -0.508 e. The summed E-state index contributed by atoms with van der Waals surface area (Å²) in [5.74, 6) is 0.125. The predicted octanol–water partition coefficient (Wildman–Crippen LogP) is 3.24. The Morgan fingerprint density at radius 1 is 1.57 bits per heavy atom. The zero-order valence-corrected chi connectivity index (χ0v) is 8.97. The van der Waals surface area contributed by atoms with Gasteiger partial charge in [-0.1, -0.05) is 18.5 Å². The molecule has 1 N–H and O–H groups in total. The van der Waals surface area contributed by atoms with Crippen LogP contribution in [0.4, 0.5) is 0 Å². The maximum absolute atomic E-state index is 9.62. The Bertz CT molecular complexity index is 383. The Kier molecular flexibility index (Phi) is 3.03. The molecule has 1 atom stereocenters. The van der Waals surface area contributed by atoms with Gasteiger partial charge < -0.3 is 5.11 Å². The normalized spacial score (nSPS) is 14.4. The first-order chi connectivity index (χ1) is 6.53. The molecule has 0 aliphatic heterocycles. The maximum Gasteiger partial charge on any atom is 0.120 e. The van der Waals surface area contributed by atoms with E-state index in [0.29, 0.717) is 17.0 Å². The Labute approximate surface area is 88.7 Å². The monoisotopic (exact) mass is 209 g/mol. The standard InChI is InChI=1S/C11H12ClNO/c1-3-11(2,7-13)9-6-8(12)4-5-10(9)14/h4-6,14H,3H2,1-2H3. The van der Waals surface area contributed by atoms with E-state index in [1.54, 1.807) is 19.1 Å². The highest BCUT2D eigenvalue weighted by atomic mass is 35.5. The average molecular weight is 210 g/mol. The zero-order valence-electron chi connectivity index (χ0n) is 8.21. The molecule has 0 saturated heterocycles. The number of hydrogen-bond acceptors (Lipinski definition) is 2. The molecule has 0 spiro atoms. The van der Waals surface area contributed by atoms with E-state index >= 15 is 0 Å². The molecule has 0 amide bonds. The Morgan fingerprint density at radius 2 is 2.21 bits per heavy atom. The van der Waals surface area contributed by atoms with Crippen molar-refractivity contribution in [3.05, 3.63) is 28.8 Å². The van der Waals surface area contributed by atoms with Crippen LogP contribution in [0, 0.1) is 11.3 Å². The van der Waals surface area contributed by atoms with Gasteiger partial charge in [0.2, 0.25) is 0 Å². The van der Waals surface area contributed by atoms with Gasteiger partial charge in [0.25, 0.3) is 0 Å². The molecule has 0 aliphatic carbocycles. The number of aromatic hydroxyl groups is 1. The van der Waals surface area contributed by atoms with Crippen LogP contribution in [0.3, 0.4) is 0 Å². The molecule has 1 aromatic rings. The molecule has 3 heteroatoms. The molecule has 74 valence electrons. The van der Waals surface area contributed by atoms with Crippen LogP contribution in [0.5, 0.6) is 5.75 Å². The number of rotatable bonds is 2. The van der Waals surface area contributed by atoms with Gasteiger partial charge in [0, 0.05) is 10.6 Å². The van der Waals surface area contributed by atoms with Crippen molar-refractivity contribution in [2.75, 3.05) is 0 Å². The van der Waals surface area contributed by atoms with Crippen LogP contribution < -0.4 is 0 Å². The van der Waals surface area contributed by atoms with Crippen LogP contribution in [0.25, 0.3) is 0 Å². The lowest BCUT2D eigenvalue weighted by Gasteiger charge is -2.21. The first-order valence-corrected chi connectivity index (χ1v) is 4.81. The largest absolute Gasteiger partial charge is 0.508 e. The van der Waals surface area contributed by atoms with Crippen LogP contribution in [0.1, 0.15) is 25.8 Å². The van der Waals surface area contributed by atoms with Gasteiger partial charge in [-0.3, -0.25) is 0 Å². The van der Waals surface area contributed by atoms with Gasteiger partial charge in [-0.2, -0.15) is 5.26 Å². The van der Waals surface area contributed by atoms with E-state index in [1.165, 1.54) is 6.07 Å². The average Bonchev–Trinajstić information content (AvgIpc) is 2.20. The van der Waals surface area contributed by atoms with Gasteiger partial charge in [-0.25, -0.2) is 0 Å². The van der Waals surface area contributed by atoms with Crippen molar-refractivity contribution in [3.63, 3.8) is 0 Å². The molecule has 0 heterocycles. The van der Waals surface area contributed by atoms with Gasteiger partial charge in [0.1, 0.15) is 5.75 Å². The summed E-state index contributed by atoms with van der Waals surface area (Å²) in [7, 11) is 0. The zero-order chi connectivity index (χ0) is 10.8. The fraction of sp³-hybridized carbons (Fsp3) is 0.364. The molecule has 1 unspecified atom stereocenters. The summed E-state index contributed by atoms with van der Waals surface area (Å²) >= 11 is 5.82. The number of phenols is 1. The smallest absolute Gasteiger partial charge is 0.120 e. The summed E-state index contributed by atoms with van der Waals surface area (Å²) < 4.78 is 0. The molecular formula is C11H12ClNO. The Hall–Kier alpha value is -1.20. The molecule has 1 rings (SSSR count). The summed E-state index contributed by atoms with van der Waals surface area (Å²) in [5.41, 5.74) is -0.0791. The lowest BCUT2D eigenvalue weighted by molar-refractivity contribution is 0.448. The lowest BCUT2D eigenvalue weighted by atomic mass is 9.81. The van der Waals surface area contributed by atoms with Crippen molar-refractivity contribution < 1.29 is 5.11 Å². The molecule has 2 nitrogen and oxygen atoms in total. The number of phenolic OH excluding ortho intramolecular Hbond substituents is 1. The Balaban J connectivity index is 3.31. The summed E-state index contributed by atoms with van der Waals surface area (Å²) in [4.78, 5) is 0. The third-order valence-corrected chi connectivity index (χ3v) is 2.74. The van der Waals surface area contributed by atoms with E-state index < -0.39 is 5.41 Å². The van der Waals surface area contributed by atoms with Crippen molar-refractivity contribution in [2.45, 2.75) is 25.7 Å². The van der Waals surface area contributed by atoms with Crippen LogP contribution >= 0.6 is 11.6 Å². The van der Waals surface area contributed by atoms with Crippen LogP contribution in [0.15, 0.2) is 18.2 Å². The third kappa shape index (κ3) is 1.83. The first kappa shape index (κ1) is 10.9. The van der Waals surface area contributed by atoms with E-state index in [0.717, 1.165) is 0 Å². The van der Waals surface area contributed by atoms with Crippen LogP contribution in [-0.4, -0.2) is 5.11 Å². The molecule has 1 aromatic carbocycles. The summed E-state index contributed by atoms with van der Waals surface area (Å²) in [6.07, 6.45) is 0.636. The van der Waals surface area contributed by atoms with E-state index in [-0.39, 0.29) is 5.75 Å². The highest BCUT2D eigenvalue weighted by Crippen LogP contribution is 2.35. The first-order valence-electron chi connectivity index (χ1n) is 4.43. The van der Waals surface area contributed by atoms with Crippen molar-refractivity contribution in [1.82, 2.24) is 0 Å². The van der Waals surface area contributed by atoms with Crippen LogP contribution in [-0.2, 0) is 5.41 Å². The number of nitriles is 1. The Morgan fingerprint density at radius 3 is 2.71 bits per heavy atom. The molecule has 0 aliphatic rings. The highest BCUT2D eigenvalue weighted by molar-refractivity contribution is 6.30. The second-order valence-electron chi connectivity index (χ2n) is 3.46. The number of hydrogen-bond donors (Lipinski definition) is 1. The summed E-state index contributed by atoms with van der Waals surface area (Å²) in [6.45, 7) is 3.70. The quantitative estimate of drug-likeness (QED) is 0.813. The van der Waals surface area contributed by atoms with Crippen LogP contribution in [0.2, 0.25) is 5.02 Å². The molecule has 0 radical (unpaired) electrons. The van der Waals surface area contributed by atoms with Crippen molar-refractivity contribution >= 4 is 11.6 Å². The SMILES string of the molecule is CCC(C)(C#N)c1cc(Cl)ccc1O. The lowest BCUT2D eigenvalue weighted by Crippen LogP contribution is -2.18. The molecule has 14 heavy (non-hydrogen) atoms. The van der Waals surface area contributed by atoms with Gasteiger partial charge in [-0.15, -0.1) is 0 Å². The number of benzene rings is 1. The van der Waals surface area contributed by atoms with Crippen molar-refractivity contribution in [1.29, 1.82) is 5.26 Å². The minimum atomic E-state index is -0.672. The van der Waals surface area contributed by atoms with Crippen molar-refractivity contribution in [2.24, 2.45) is 0 Å². The maximum atomic E-state index is 9.62. The summed E-state index contributed by atoms with van der Waals surface area (Å²) in [6, 6.07) is 6.96. The second kappa shape index (κ2) is 3.89. The molecule has 0 fully saturated rings. The number of nitrogens with zero attached hydrogens (tertiary/aromatic N) is 1. The van der Waals surface area contributed by atoms with Gasteiger partial charge in [0.15, 0.2) is 0 Å². The second-order valence-corrected chi connectivity index (χ2v) is 3.90. The van der Waals surface area contributed by atoms with E-state index in [9.17, 15) is 5.11 Å². The topological polar surface area (TPSA) is 44.0 Å². The van der Waals surface area contributed by atoms with Gasteiger partial charge >= 0.3 is 0 Å². The summed E-state index contributed by atoms with van der Waals surface area (Å²) in [5, 5.41) is 19.2. The molecular weight excluding hydrogens is 198 g/mol. The molecule has 0 bridgehead atoms. The van der Waals surface area contributed by atoms with Crippen molar-refractivity contribution in [3.8, 4) is 11.8 Å². The number of halogens is 1. The van der Waals surface area contributed by atoms with E-state index in [1.807, 2.05) is 6.92 Å². The predicted molar refractivity (Wildman–Crippen MR) is 56.4 cm³/mol. The fourth-order valence-electron chi connectivity index (χ4n) is 1.28. The van der Waals surface area contributed by atoms with E-state index in [4.69, 9.17) is 16.9 Å². The van der Waals surface area contributed by atoms with E-state index in [2.05, 4.69) is 6.07 Å². The fourth-order valence-corrected chi connectivity index (χ4v) is 1.45.